The third kappa shape index (κ3) is 10.3. The van der Waals surface area contributed by atoms with Gasteiger partial charge in [0.15, 0.2) is 6.61 Å². The Morgan fingerprint density at radius 3 is 2.33 bits per heavy atom. The number of carbonyl (C=O) groups is 2. The molecule has 0 aliphatic carbocycles. The Morgan fingerprint density at radius 1 is 0.978 bits per heavy atom. The zero-order valence-corrected chi connectivity index (χ0v) is 27.0. The van der Waals surface area contributed by atoms with Gasteiger partial charge in [-0.05, 0) is 60.9 Å². The van der Waals surface area contributed by atoms with Crippen LogP contribution in [0.25, 0.3) is 0 Å². The Labute approximate surface area is 270 Å². The second kappa shape index (κ2) is 17.3. The molecule has 0 saturated carbocycles. The number of morpholine rings is 1. The Hall–Kier alpha value is -3.48. The molecule has 2 amide bonds. The van der Waals surface area contributed by atoms with Crippen LogP contribution in [-0.2, 0) is 42.1 Å². The summed E-state index contributed by atoms with van der Waals surface area (Å²) in [6.45, 7) is 4.53. The van der Waals surface area contributed by atoms with Gasteiger partial charge in [0.05, 0.1) is 18.1 Å². The number of benzene rings is 3. The van der Waals surface area contributed by atoms with Crippen molar-refractivity contribution in [1.29, 1.82) is 0 Å². The summed E-state index contributed by atoms with van der Waals surface area (Å²) in [6.07, 6.45) is 0.939. The first-order valence-corrected chi connectivity index (χ1v) is 16.8. The van der Waals surface area contributed by atoms with Crippen LogP contribution in [0.1, 0.15) is 24.5 Å². The summed E-state index contributed by atoms with van der Waals surface area (Å²) >= 11 is 6.10. The van der Waals surface area contributed by atoms with Gasteiger partial charge >= 0.3 is 0 Å². The summed E-state index contributed by atoms with van der Waals surface area (Å²) in [5.41, 5.74) is 1.70. The average molecular weight is 658 g/mol. The molecule has 0 radical (unpaired) electrons. The summed E-state index contributed by atoms with van der Waals surface area (Å²) in [4.78, 5) is 29.1. The van der Waals surface area contributed by atoms with Gasteiger partial charge in [-0.25, -0.2) is 8.42 Å². The Kier molecular flexibility index (Phi) is 13.2. The average Bonchev–Trinajstić information content (AvgIpc) is 3.07. The molecule has 12 heteroatoms. The van der Waals surface area contributed by atoms with Crippen LogP contribution in [0.15, 0.2) is 83.8 Å². The highest BCUT2D eigenvalue weighted by Crippen LogP contribution is 2.22. The van der Waals surface area contributed by atoms with Gasteiger partial charge in [-0.3, -0.25) is 9.59 Å². The molecular formula is C33H40ClN3O7S. The molecule has 1 heterocycles. The lowest BCUT2D eigenvalue weighted by Gasteiger charge is -2.31. The van der Waals surface area contributed by atoms with E-state index in [2.05, 4.69) is 5.32 Å². The van der Waals surface area contributed by atoms with E-state index in [1.54, 1.807) is 12.1 Å². The molecule has 1 aliphatic heterocycles. The number of nitrogens with zero attached hydrogens (tertiary/aromatic N) is 2. The van der Waals surface area contributed by atoms with E-state index < -0.39 is 22.0 Å². The number of hydrogen-bond donors (Lipinski definition) is 1. The van der Waals surface area contributed by atoms with Gasteiger partial charge < -0.3 is 24.4 Å². The van der Waals surface area contributed by atoms with Crippen molar-refractivity contribution in [2.75, 3.05) is 52.7 Å². The maximum absolute atomic E-state index is 13.8. The van der Waals surface area contributed by atoms with Crippen LogP contribution in [0.4, 0.5) is 0 Å². The molecular weight excluding hydrogens is 618 g/mol. The second-order valence-electron chi connectivity index (χ2n) is 10.5. The van der Waals surface area contributed by atoms with E-state index >= 15 is 0 Å². The quantitative estimate of drug-likeness (QED) is 0.232. The van der Waals surface area contributed by atoms with Gasteiger partial charge in [-0.1, -0.05) is 54.1 Å². The van der Waals surface area contributed by atoms with Gasteiger partial charge in [0, 0.05) is 50.8 Å². The molecule has 1 N–H and O–H groups in total. The zero-order chi connectivity index (χ0) is 32.1. The first-order valence-electron chi connectivity index (χ1n) is 15.0. The molecule has 0 aromatic heterocycles. The number of ether oxygens (including phenoxy) is 3. The van der Waals surface area contributed by atoms with Crippen molar-refractivity contribution in [1.82, 2.24) is 14.5 Å². The van der Waals surface area contributed by atoms with E-state index in [0.29, 0.717) is 69.7 Å². The Balaban J connectivity index is 1.52. The van der Waals surface area contributed by atoms with Crippen molar-refractivity contribution in [2.24, 2.45) is 0 Å². The fourth-order valence-electron chi connectivity index (χ4n) is 4.86. The first kappa shape index (κ1) is 34.4. The molecule has 242 valence electrons. The number of rotatable bonds is 16. The van der Waals surface area contributed by atoms with E-state index in [1.807, 2.05) is 49.4 Å². The van der Waals surface area contributed by atoms with Crippen molar-refractivity contribution in [3.8, 4) is 5.75 Å². The lowest BCUT2D eigenvalue weighted by Crippen LogP contribution is -2.51. The normalized spacial score (nSPS) is 14.4. The monoisotopic (exact) mass is 657 g/mol. The van der Waals surface area contributed by atoms with Crippen LogP contribution in [0.5, 0.6) is 5.75 Å². The summed E-state index contributed by atoms with van der Waals surface area (Å²) < 4.78 is 43.8. The number of carbonyl (C=O) groups excluding carboxylic acids is 2. The number of nitrogens with one attached hydrogen (secondary N) is 1. The minimum atomic E-state index is -3.66. The molecule has 1 aliphatic rings. The van der Waals surface area contributed by atoms with Crippen molar-refractivity contribution in [3.63, 3.8) is 0 Å². The summed E-state index contributed by atoms with van der Waals surface area (Å²) in [5, 5.41) is 3.53. The van der Waals surface area contributed by atoms with Gasteiger partial charge in [-0.2, -0.15) is 4.31 Å². The lowest BCUT2D eigenvalue weighted by atomic mass is 10.0. The minimum absolute atomic E-state index is 0.136. The van der Waals surface area contributed by atoms with Gasteiger partial charge in [0.2, 0.25) is 15.9 Å². The summed E-state index contributed by atoms with van der Waals surface area (Å²) in [5.74, 6) is -0.355. The molecule has 3 aromatic carbocycles. The maximum atomic E-state index is 13.8. The van der Waals surface area contributed by atoms with Crippen LogP contribution >= 0.6 is 11.6 Å². The SMILES string of the molecule is CCOCCCNC(=O)C(Cc1ccccc1)N(Cc1ccc(Cl)cc1)C(=O)COc1ccc(S(=O)(=O)N2CCOCC2)cc1. The lowest BCUT2D eigenvalue weighted by molar-refractivity contribution is -0.142. The molecule has 1 atom stereocenters. The van der Waals surface area contributed by atoms with Crippen LogP contribution in [0, 0.1) is 0 Å². The molecule has 1 saturated heterocycles. The molecule has 0 spiro atoms. The van der Waals surface area contributed by atoms with Gasteiger partial charge in [0.25, 0.3) is 5.91 Å². The molecule has 0 bridgehead atoms. The number of halogens is 1. The van der Waals surface area contributed by atoms with Crippen LogP contribution in [-0.4, -0.2) is 88.1 Å². The highest BCUT2D eigenvalue weighted by molar-refractivity contribution is 7.89. The minimum Gasteiger partial charge on any atom is -0.484 e. The van der Waals surface area contributed by atoms with Crippen LogP contribution < -0.4 is 10.1 Å². The predicted molar refractivity (Wildman–Crippen MR) is 172 cm³/mol. The molecule has 10 nitrogen and oxygen atoms in total. The molecule has 1 unspecified atom stereocenters. The Bertz CT molecular complexity index is 1470. The molecule has 45 heavy (non-hydrogen) atoms. The first-order chi connectivity index (χ1) is 21.8. The van der Waals surface area contributed by atoms with E-state index in [9.17, 15) is 18.0 Å². The van der Waals surface area contributed by atoms with Crippen LogP contribution in [0.2, 0.25) is 5.02 Å². The molecule has 1 fully saturated rings. The molecule has 4 rings (SSSR count). The van der Waals surface area contributed by atoms with E-state index in [0.717, 1.165) is 11.1 Å². The van der Waals surface area contributed by atoms with Crippen molar-refractivity contribution >= 4 is 33.4 Å². The summed E-state index contributed by atoms with van der Waals surface area (Å²) in [7, 11) is -3.66. The second-order valence-corrected chi connectivity index (χ2v) is 12.8. The highest BCUT2D eigenvalue weighted by Gasteiger charge is 2.31. The van der Waals surface area contributed by atoms with Crippen molar-refractivity contribution < 1.29 is 32.2 Å². The number of hydrogen-bond acceptors (Lipinski definition) is 7. The molecule has 3 aromatic rings. The summed E-state index contributed by atoms with van der Waals surface area (Å²) in [6, 6.07) is 21.8. The maximum Gasteiger partial charge on any atom is 0.261 e. The van der Waals surface area contributed by atoms with E-state index in [4.69, 9.17) is 25.8 Å². The Morgan fingerprint density at radius 2 is 1.67 bits per heavy atom. The van der Waals surface area contributed by atoms with Crippen molar-refractivity contribution in [2.45, 2.75) is 37.2 Å². The van der Waals surface area contributed by atoms with Crippen molar-refractivity contribution in [3.05, 3.63) is 95.0 Å². The van der Waals surface area contributed by atoms with E-state index in [-0.39, 0.29) is 24.0 Å². The topological polar surface area (TPSA) is 114 Å². The zero-order valence-electron chi connectivity index (χ0n) is 25.4. The number of amides is 2. The standard InChI is InChI=1S/C33H40ClN3O7S/c1-2-42-20-6-17-35-33(39)31(23-26-7-4-3-5-8-26)37(24-27-9-11-28(34)12-10-27)32(38)25-44-29-13-15-30(16-14-29)45(40,41)36-18-21-43-22-19-36/h3-5,7-16,31H,2,6,17-25H2,1H3,(H,35,39). The number of sulfonamides is 1. The van der Waals surface area contributed by atoms with Gasteiger partial charge in [-0.15, -0.1) is 0 Å². The van der Waals surface area contributed by atoms with E-state index in [1.165, 1.54) is 33.5 Å². The fraction of sp³-hybridized carbons (Fsp3) is 0.394. The third-order valence-electron chi connectivity index (χ3n) is 7.30. The highest BCUT2D eigenvalue weighted by atomic mass is 35.5. The largest absolute Gasteiger partial charge is 0.484 e. The third-order valence-corrected chi connectivity index (χ3v) is 9.46. The van der Waals surface area contributed by atoms with Crippen LogP contribution in [0.3, 0.4) is 0 Å². The smallest absolute Gasteiger partial charge is 0.261 e. The fourth-order valence-corrected chi connectivity index (χ4v) is 6.39. The predicted octanol–water partition coefficient (Wildman–Crippen LogP) is 3.92. The van der Waals surface area contributed by atoms with Gasteiger partial charge in [0.1, 0.15) is 11.8 Å².